The number of benzene rings is 3. The van der Waals surface area contributed by atoms with Crippen molar-refractivity contribution in [2.24, 2.45) is 0 Å². The van der Waals surface area contributed by atoms with Gasteiger partial charge in [0.05, 0.1) is 5.97 Å². The Kier molecular flexibility index (Phi) is 11.0. The van der Waals surface area contributed by atoms with Crippen molar-refractivity contribution in [3.05, 3.63) is 99.5 Å². The number of nitrogens with zero attached hydrogens (tertiary/aromatic N) is 1. The normalized spacial score (nSPS) is 12.3. The molecule has 2 atom stereocenters. The average Bonchev–Trinajstić information content (AvgIpc) is 2.85. The molecule has 0 aromatic heterocycles. The molecule has 3 rings (SSSR count). The number of aliphatic hydroxyl groups is 2. The summed E-state index contributed by atoms with van der Waals surface area (Å²) in [5.41, 5.74) is 5.88. The molecule has 36 heavy (non-hydrogen) atoms. The number of halogens is 2. The largest absolute Gasteiger partial charge is 0.547 e. The highest BCUT2D eigenvalue weighted by molar-refractivity contribution is 9.10. The Hall–Kier alpha value is -3.30. The molecule has 0 fully saturated rings. The molecule has 0 aliphatic rings. The van der Waals surface area contributed by atoms with Gasteiger partial charge < -0.3 is 25.2 Å². The number of allylic oxidation sites excluding steroid dienone is 1. The van der Waals surface area contributed by atoms with Crippen molar-refractivity contribution in [3.8, 4) is 11.1 Å². The second-order valence-corrected chi connectivity index (χ2v) is 9.15. The lowest BCUT2D eigenvalue weighted by molar-refractivity contribution is -0.463. The van der Waals surface area contributed by atoms with Gasteiger partial charge in [-0.2, -0.15) is 0 Å². The van der Waals surface area contributed by atoms with E-state index in [4.69, 9.17) is 26.9 Å². The van der Waals surface area contributed by atoms with Crippen LogP contribution in [0.25, 0.3) is 17.2 Å². The first-order chi connectivity index (χ1) is 17.0. The summed E-state index contributed by atoms with van der Waals surface area (Å²) in [6.07, 6.45) is -0.464. The molecule has 9 heteroatoms. The van der Waals surface area contributed by atoms with Crippen LogP contribution in [0.2, 0.25) is 5.02 Å². The van der Waals surface area contributed by atoms with Crippen molar-refractivity contribution in [3.63, 3.8) is 0 Å². The molecule has 188 valence electrons. The maximum Gasteiger partial charge on any atom is 0.335 e. The van der Waals surface area contributed by atoms with E-state index in [1.165, 1.54) is 16.7 Å². The predicted molar refractivity (Wildman–Crippen MR) is 141 cm³/mol. The van der Waals surface area contributed by atoms with Crippen molar-refractivity contribution in [1.29, 1.82) is 0 Å². The Morgan fingerprint density at radius 2 is 1.39 bits per heavy atom. The molecule has 0 spiro atoms. The second kappa shape index (κ2) is 13.7. The molecule has 0 unspecified atom stereocenters. The van der Waals surface area contributed by atoms with Crippen LogP contribution in [0.4, 0.5) is 0 Å². The van der Waals surface area contributed by atoms with Crippen LogP contribution in [-0.2, 0) is 9.59 Å². The van der Waals surface area contributed by atoms with Gasteiger partial charge in [0.15, 0.2) is 6.10 Å². The molecule has 0 aliphatic carbocycles. The summed E-state index contributed by atoms with van der Waals surface area (Å²) in [6.45, 7) is 0. The van der Waals surface area contributed by atoms with E-state index < -0.39 is 24.1 Å². The molecular formula is C27H25BrClNO6. The number of carbonyl (C=O) groups is 2. The summed E-state index contributed by atoms with van der Waals surface area (Å²) in [7, 11) is 4.12. The fraction of sp³-hybridized carbons (Fsp3) is 0.148. The number of hydrogen-bond acceptors (Lipinski definition) is 5. The van der Waals surface area contributed by atoms with Crippen molar-refractivity contribution in [2.75, 3.05) is 14.1 Å². The molecule has 7 nitrogen and oxygen atoms in total. The van der Waals surface area contributed by atoms with Crippen molar-refractivity contribution in [2.45, 2.75) is 12.2 Å². The number of aliphatic carboxylic acids is 2. The van der Waals surface area contributed by atoms with E-state index >= 15 is 0 Å². The molecule has 0 saturated heterocycles. The highest BCUT2D eigenvalue weighted by Crippen LogP contribution is 2.22. The van der Waals surface area contributed by atoms with Gasteiger partial charge in [0.1, 0.15) is 20.2 Å². The van der Waals surface area contributed by atoms with Crippen LogP contribution in [0, 0.1) is 0 Å². The maximum absolute atomic E-state index is 9.74. The zero-order chi connectivity index (χ0) is 26.8. The first-order valence-electron chi connectivity index (χ1n) is 10.6. The fourth-order valence-corrected chi connectivity index (χ4v) is 3.38. The molecule has 0 aliphatic heterocycles. The maximum atomic E-state index is 9.74. The van der Waals surface area contributed by atoms with Crippen LogP contribution in [0.15, 0.2) is 83.3 Å². The van der Waals surface area contributed by atoms with Gasteiger partial charge in [-0.1, -0.05) is 63.9 Å². The van der Waals surface area contributed by atoms with Crippen LogP contribution in [-0.4, -0.2) is 63.8 Å². The molecule has 0 radical (unpaired) electrons. The minimum atomic E-state index is -2.38. The number of carbonyl (C=O) groups excluding carboxylic acids is 1. The highest BCUT2D eigenvalue weighted by atomic mass is 79.9. The van der Waals surface area contributed by atoms with Gasteiger partial charge in [-0.3, -0.25) is 0 Å². The summed E-state index contributed by atoms with van der Waals surface area (Å²) in [5.74, 6) is -3.83. The Morgan fingerprint density at radius 1 is 0.889 bits per heavy atom. The lowest BCUT2D eigenvalue weighted by Crippen LogP contribution is -2.46. The standard InChI is InChI=1S/C23H20BrClN.C4H6O6/c1-26(2)23(16-5-17-3-14-22(25)15-4-17)20-8-6-18(7-9-20)19-10-12-21(24)13-11-19;5-1(3(7)8)2(6)4(9)10/h3-16H,1-2H3;1-2,5-6H,(H,7,8)(H,9,10)/q+1;/p-1/b16-5+;/t;1-,2-/m.1/s1. The second-order valence-electron chi connectivity index (χ2n) is 7.80. The summed E-state index contributed by atoms with van der Waals surface area (Å²) in [4.78, 5) is 19.4. The Balaban J connectivity index is 0.000000388. The van der Waals surface area contributed by atoms with Crippen molar-refractivity contribution >= 4 is 51.3 Å². The number of hydrogen-bond donors (Lipinski definition) is 3. The molecule has 0 amide bonds. The lowest BCUT2D eigenvalue weighted by Gasteiger charge is -2.13. The highest BCUT2D eigenvalue weighted by Gasteiger charge is 2.24. The van der Waals surface area contributed by atoms with Crippen LogP contribution >= 0.6 is 27.5 Å². The summed E-state index contributed by atoms with van der Waals surface area (Å²) >= 11 is 9.44. The van der Waals surface area contributed by atoms with Gasteiger partial charge in [0.2, 0.25) is 5.71 Å². The third-order valence-corrected chi connectivity index (χ3v) is 5.72. The van der Waals surface area contributed by atoms with E-state index in [0.717, 1.165) is 20.8 Å². The van der Waals surface area contributed by atoms with Gasteiger partial charge in [-0.05, 0) is 59.2 Å². The first-order valence-corrected chi connectivity index (χ1v) is 11.8. The summed E-state index contributed by atoms with van der Waals surface area (Å²) in [5, 5.41) is 34.9. The molecule has 0 bridgehead atoms. The van der Waals surface area contributed by atoms with Gasteiger partial charge in [0, 0.05) is 21.1 Å². The van der Waals surface area contributed by atoms with E-state index in [1.807, 2.05) is 24.3 Å². The number of rotatable bonds is 7. The smallest absolute Gasteiger partial charge is 0.335 e. The van der Waals surface area contributed by atoms with Gasteiger partial charge in [0.25, 0.3) is 0 Å². The molecule has 3 aromatic carbocycles. The minimum Gasteiger partial charge on any atom is -0.547 e. The third-order valence-electron chi connectivity index (χ3n) is 4.94. The third kappa shape index (κ3) is 8.73. The molecule has 0 saturated carbocycles. The zero-order valence-electron chi connectivity index (χ0n) is 19.5. The molecule has 3 N–H and O–H groups in total. The Labute approximate surface area is 222 Å². The number of carboxylic acids is 2. The zero-order valence-corrected chi connectivity index (χ0v) is 21.8. The van der Waals surface area contributed by atoms with Gasteiger partial charge in [-0.15, -0.1) is 0 Å². The van der Waals surface area contributed by atoms with Crippen LogP contribution in [0.3, 0.4) is 0 Å². The van der Waals surface area contributed by atoms with Gasteiger partial charge >= 0.3 is 5.97 Å². The average molecular weight is 575 g/mol. The monoisotopic (exact) mass is 573 g/mol. The van der Waals surface area contributed by atoms with Crippen LogP contribution in [0.5, 0.6) is 0 Å². The Bertz CT molecular complexity index is 1220. The number of carboxylic acid groups (broad SMARTS) is 2. The van der Waals surface area contributed by atoms with E-state index in [2.05, 4.69) is 95.3 Å². The van der Waals surface area contributed by atoms with Crippen molar-refractivity contribution < 1.29 is 34.6 Å². The molecule has 3 aromatic rings. The summed E-state index contributed by atoms with van der Waals surface area (Å²) < 4.78 is 3.22. The molecule has 0 heterocycles. The topological polar surface area (TPSA) is 121 Å². The van der Waals surface area contributed by atoms with E-state index in [1.54, 1.807) is 0 Å². The SMILES string of the molecule is C[N+](C)=C(/C=C/c1ccc(Cl)cc1)c1ccc(-c2ccc(Br)cc2)cc1.O=C([O-])[C@H](O)[C@@H](O)C(=O)O. The Morgan fingerprint density at radius 3 is 1.81 bits per heavy atom. The lowest BCUT2D eigenvalue weighted by atomic mass is 10.0. The van der Waals surface area contributed by atoms with E-state index in [-0.39, 0.29) is 0 Å². The van der Waals surface area contributed by atoms with Crippen LogP contribution < -0.4 is 5.11 Å². The van der Waals surface area contributed by atoms with Gasteiger partial charge in [-0.25, -0.2) is 9.37 Å². The summed E-state index contributed by atoms with van der Waals surface area (Å²) in [6, 6.07) is 24.9. The van der Waals surface area contributed by atoms with E-state index in [0.29, 0.717) is 0 Å². The fourth-order valence-electron chi connectivity index (χ4n) is 2.99. The predicted octanol–water partition coefficient (Wildman–Crippen LogP) is 3.09. The number of aliphatic hydroxyl groups excluding tert-OH is 2. The molecular weight excluding hydrogens is 550 g/mol. The van der Waals surface area contributed by atoms with Crippen LogP contribution in [0.1, 0.15) is 11.1 Å². The quantitative estimate of drug-likeness (QED) is 0.295. The minimum absolute atomic E-state index is 0.752. The van der Waals surface area contributed by atoms with E-state index in [9.17, 15) is 14.7 Å². The first kappa shape index (κ1) is 28.9. The van der Waals surface area contributed by atoms with Crippen molar-refractivity contribution in [1.82, 2.24) is 0 Å².